The van der Waals surface area contributed by atoms with Crippen molar-refractivity contribution in [3.8, 4) is 0 Å². The van der Waals surface area contributed by atoms with Crippen LogP contribution in [0.4, 0.5) is 11.4 Å². The van der Waals surface area contributed by atoms with Crippen LogP contribution >= 0.6 is 0 Å². The number of nitro benzene ring substituents is 1. The van der Waals surface area contributed by atoms with E-state index in [1.54, 1.807) is 25.1 Å². The Balaban J connectivity index is 2.00. The van der Waals surface area contributed by atoms with Crippen molar-refractivity contribution in [2.75, 3.05) is 24.4 Å². The Kier molecular flexibility index (Phi) is 8.96. The number of rotatable bonds is 11. The van der Waals surface area contributed by atoms with Crippen LogP contribution in [0.3, 0.4) is 0 Å². The second-order valence-corrected chi connectivity index (χ2v) is 10.1. The van der Waals surface area contributed by atoms with Gasteiger partial charge in [0.15, 0.2) is 0 Å². The number of hydrogen-bond acceptors (Lipinski definition) is 6. The van der Waals surface area contributed by atoms with Crippen molar-refractivity contribution in [2.24, 2.45) is 0 Å². The monoisotopic (exact) mass is 524 g/mol. The van der Waals surface area contributed by atoms with Crippen LogP contribution in [0.1, 0.15) is 12.5 Å². The van der Waals surface area contributed by atoms with Crippen molar-refractivity contribution in [1.29, 1.82) is 0 Å². The number of likely N-dealkylation sites (N-methyl/N-ethyl adjacent to an activating group) is 1. The Morgan fingerprint density at radius 2 is 1.59 bits per heavy atom. The summed E-state index contributed by atoms with van der Waals surface area (Å²) in [6.45, 7) is 1.06. The number of amides is 2. The van der Waals surface area contributed by atoms with E-state index in [9.17, 15) is 28.1 Å². The van der Waals surface area contributed by atoms with Crippen LogP contribution in [0, 0.1) is 10.1 Å². The van der Waals surface area contributed by atoms with E-state index >= 15 is 0 Å². The quantitative estimate of drug-likeness (QED) is 0.303. The zero-order chi connectivity index (χ0) is 27.0. The van der Waals surface area contributed by atoms with Gasteiger partial charge in [0.1, 0.15) is 12.6 Å². The molecule has 3 aromatic carbocycles. The molecule has 3 aromatic rings. The first-order valence-corrected chi connectivity index (χ1v) is 13.0. The van der Waals surface area contributed by atoms with Gasteiger partial charge in [-0.1, -0.05) is 54.6 Å². The molecule has 0 saturated heterocycles. The van der Waals surface area contributed by atoms with Gasteiger partial charge in [-0.05, 0) is 37.1 Å². The van der Waals surface area contributed by atoms with Crippen molar-refractivity contribution >= 4 is 33.2 Å². The van der Waals surface area contributed by atoms with E-state index in [2.05, 4.69) is 5.32 Å². The smallest absolute Gasteiger partial charge is 0.271 e. The SMILES string of the molecule is CNC(=O)[C@@H](C)N(CCc1ccccc1)C(=O)CN(c1cccc([N+](=O)[O-])c1)S(=O)(=O)c1ccccc1. The van der Waals surface area contributed by atoms with Gasteiger partial charge in [0.05, 0.1) is 15.5 Å². The minimum Gasteiger partial charge on any atom is -0.357 e. The lowest BCUT2D eigenvalue weighted by Gasteiger charge is -2.31. The third kappa shape index (κ3) is 6.70. The van der Waals surface area contributed by atoms with Crippen molar-refractivity contribution < 1.29 is 22.9 Å². The van der Waals surface area contributed by atoms with E-state index in [4.69, 9.17) is 0 Å². The zero-order valence-electron chi connectivity index (χ0n) is 20.5. The summed E-state index contributed by atoms with van der Waals surface area (Å²) in [5.41, 5.74) is 0.580. The van der Waals surface area contributed by atoms with Gasteiger partial charge in [-0.15, -0.1) is 0 Å². The number of hydrogen-bond donors (Lipinski definition) is 1. The molecule has 0 spiro atoms. The lowest BCUT2D eigenvalue weighted by atomic mass is 10.1. The van der Waals surface area contributed by atoms with Gasteiger partial charge in [0, 0.05) is 25.7 Å². The van der Waals surface area contributed by atoms with E-state index in [1.165, 1.54) is 42.3 Å². The van der Waals surface area contributed by atoms with E-state index in [-0.39, 0.29) is 22.8 Å². The molecule has 2 amide bonds. The maximum Gasteiger partial charge on any atom is 0.271 e. The van der Waals surface area contributed by atoms with Gasteiger partial charge < -0.3 is 10.2 Å². The third-order valence-corrected chi connectivity index (χ3v) is 7.62. The van der Waals surface area contributed by atoms with Gasteiger partial charge >= 0.3 is 0 Å². The molecule has 0 aromatic heterocycles. The number of carbonyl (C=O) groups is 2. The van der Waals surface area contributed by atoms with Gasteiger partial charge in [0.2, 0.25) is 11.8 Å². The summed E-state index contributed by atoms with van der Waals surface area (Å²) in [4.78, 5) is 38.0. The minimum absolute atomic E-state index is 0.0398. The first kappa shape index (κ1) is 27.3. The van der Waals surface area contributed by atoms with Crippen LogP contribution < -0.4 is 9.62 Å². The third-order valence-electron chi connectivity index (χ3n) is 5.84. The largest absolute Gasteiger partial charge is 0.357 e. The molecule has 37 heavy (non-hydrogen) atoms. The second kappa shape index (κ2) is 12.1. The number of anilines is 1. The molecule has 0 radical (unpaired) electrons. The fraction of sp³-hybridized carbons (Fsp3) is 0.231. The first-order valence-electron chi connectivity index (χ1n) is 11.5. The summed E-state index contributed by atoms with van der Waals surface area (Å²) in [6.07, 6.45) is 0.441. The summed E-state index contributed by atoms with van der Waals surface area (Å²) in [5, 5.41) is 13.9. The maximum absolute atomic E-state index is 13.6. The van der Waals surface area contributed by atoms with Crippen LogP contribution in [0.25, 0.3) is 0 Å². The number of nitrogens with zero attached hydrogens (tertiary/aromatic N) is 3. The van der Waals surface area contributed by atoms with Crippen molar-refractivity contribution in [2.45, 2.75) is 24.3 Å². The molecule has 11 heteroatoms. The zero-order valence-corrected chi connectivity index (χ0v) is 21.3. The molecule has 1 N–H and O–H groups in total. The molecule has 0 aliphatic carbocycles. The van der Waals surface area contributed by atoms with Crippen molar-refractivity contribution in [1.82, 2.24) is 10.2 Å². The highest BCUT2D eigenvalue weighted by Crippen LogP contribution is 2.27. The van der Waals surface area contributed by atoms with Crippen LogP contribution in [0.15, 0.2) is 89.8 Å². The van der Waals surface area contributed by atoms with Crippen LogP contribution in [-0.2, 0) is 26.0 Å². The Morgan fingerprint density at radius 3 is 2.19 bits per heavy atom. The van der Waals surface area contributed by atoms with Gasteiger partial charge in [0.25, 0.3) is 15.7 Å². The Bertz CT molecular complexity index is 1350. The summed E-state index contributed by atoms with van der Waals surface area (Å²) in [5.74, 6) is -1.03. The fourth-order valence-corrected chi connectivity index (χ4v) is 5.22. The topological polar surface area (TPSA) is 130 Å². The predicted molar refractivity (Wildman–Crippen MR) is 139 cm³/mol. The second-order valence-electron chi connectivity index (χ2n) is 8.21. The fourth-order valence-electron chi connectivity index (χ4n) is 3.79. The number of nitro groups is 1. The molecule has 0 aliphatic rings. The molecular formula is C26H28N4O6S. The molecule has 0 saturated carbocycles. The summed E-state index contributed by atoms with van der Waals surface area (Å²) in [6, 6.07) is 21.1. The lowest BCUT2D eigenvalue weighted by Crippen LogP contribution is -2.51. The predicted octanol–water partition coefficient (Wildman–Crippen LogP) is 3.00. The van der Waals surface area contributed by atoms with E-state index < -0.39 is 39.3 Å². The number of non-ortho nitro benzene ring substituents is 1. The maximum atomic E-state index is 13.6. The van der Waals surface area contributed by atoms with Gasteiger partial charge in [-0.2, -0.15) is 0 Å². The normalized spacial score (nSPS) is 11.8. The Hall–Kier alpha value is -4.25. The Labute approximate surface area is 215 Å². The first-order chi connectivity index (χ1) is 17.6. The molecule has 194 valence electrons. The standard InChI is InChI=1S/C26H28N4O6S/c1-20(26(32)27-2)28(17-16-21-10-5-3-6-11-21)25(31)19-29(22-12-9-13-23(18-22)30(33)34)37(35,36)24-14-7-4-8-15-24/h3-15,18,20H,16-17,19H2,1-2H3,(H,27,32)/t20-/m1/s1. The van der Waals surface area contributed by atoms with Crippen molar-refractivity contribution in [3.05, 3.63) is 101 Å². The van der Waals surface area contributed by atoms with Gasteiger partial charge in [-0.25, -0.2) is 8.42 Å². The molecule has 1 atom stereocenters. The number of benzene rings is 3. The summed E-state index contributed by atoms with van der Waals surface area (Å²) >= 11 is 0. The highest BCUT2D eigenvalue weighted by Gasteiger charge is 2.32. The van der Waals surface area contributed by atoms with Crippen molar-refractivity contribution in [3.63, 3.8) is 0 Å². The minimum atomic E-state index is -4.28. The summed E-state index contributed by atoms with van der Waals surface area (Å²) in [7, 11) is -2.83. The summed E-state index contributed by atoms with van der Waals surface area (Å²) < 4.78 is 28.1. The molecule has 0 fully saturated rings. The lowest BCUT2D eigenvalue weighted by molar-refractivity contribution is -0.384. The molecule has 10 nitrogen and oxygen atoms in total. The molecule has 0 heterocycles. The highest BCUT2D eigenvalue weighted by atomic mass is 32.2. The number of nitrogens with one attached hydrogen (secondary N) is 1. The van der Waals surface area contributed by atoms with Gasteiger partial charge in [-0.3, -0.25) is 24.0 Å². The van der Waals surface area contributed by atoms with E-state index in [1.807, 2.05) is 30.3 Å². The molecule has 0 unspecified atom stereocenters. The highest BCUT2D eigenvalue weighted by molar-refractivity contribution is 7.92. The number of carbonyl (C=O) groups excluding carboxylic acids is 2. The molecule has 0 aliphatic heterocycles. The molecule has 3 rings (SSSR count). The van der Waals surface area contributed by atoms with Crippen LogP contribution in [0.2, 0.25) is 0 Å². The van der Waals surface area contributed by atoms with E-state index in [0.29, 0.717) is 6.42 Å². The Morgan fingerprint density at radius 1 is 0.973 bits per heavy atom. The average Bonchev–Trinajstić information content (AvgIpc) is 2.92. The average molecular weight is 525 g/mol. The molecular weight excluding hydrogens is 496 g/mol. The van der Waals surface area contributed by atoms with Crippen LogP contribution in [0.5, 0.6) is 0 Å². The molecule has 0 bridgehead atoms. The van der Waals surface area contributed by atoms with E-state index in [0.717, 1.165) is 15.9 Å². The number of sulfonamides is 1. The van der Waals surface area contributed by atoms with Crippen LogP contribution in [-0.4, -0.2) is 56.2 Å².